The normalized spacial score (nSPS) is 15.9. The number of nitrogens with zero attached hydrogens (tertiary/aromatic N) is 2. The number of fused-ring (bicyclic) bond motifs is 3. The van der Waals surface area contributed by atoms with Crippen LogP contribution < -0.4 is 15.0 Å². The fraction of sp³-hybridized carbons (Fsp3) is 0.167. The average molecular weight is 480 g/mol. The van der Waals surface area contributed by atoms with Crippen LogP contribution >= 0.6 is 11.8 Å². The van der Waals surface area contributed by atoms with Crippen molar-refractivity contribution in [1.82, 2.24) is 5.32 Å². The third-order valence-corrected chi connectivity index (χ3v) is 7.66. The van der Waals surface area contributed by atoms with Gasteiger partial charge in [0.2, 0.25) is 0 Å². The Kier molecular flexibility index (Phi) is 5.82. The largest absolute Gasteiger partial charge is 0.491 e. The molecule has 3 aromatic rings. The van der Waals surface area contributed by atoms with E-state index in [1.165, 1.54) is 11.8 Å². The Morgan fingerprint density at radius 1 is 1.06 bits per heavy atom. The van der Waals surface area contributed by atoms with Gasteiger partial charge in [0.1, 0.15) is 12.4 Å². The number of carbonyl (C=O) groups excluding carboxylic acids is 1. The van der Waals surface area contributed by atoms with Gasteiger partial charge in [-0.25, -0.2) is 8.42 Å². The van der Waals surface area contributed by atoms with Crippen molar-refractivity contribution < 1.29 is 17.9 Å². The molecule has 2 aliphatic heterocycles. The molecule has 2 heterocycles. The SMILES string of the molecule is O=C(NCCOc1ccccc1-c1ccccc1)c1ccc2c(c1)SC1=NS(=O)(=O)CCN12. The highest BCUT2D eigenvalue weighted by Gasteiger charge is 2.33. The summed E-state index contributed by atoms with van der Waals surface area (Å²) in [6.07, 6.45) is 0. The van der Waals surface area contributed by atoms with Crippen LogP contribution in [0.4, 0.5) is 5.69 Å². The molecule has 0 bridgehead atoms. The molecule has 3 aromatic carbocycles. The van der Waals surface area contributed by atoms with Gasteiger partial charge in [-0.15, -0.1) is 4.40 Å². The molecule has 0 unspecified atom stereocenters. The number of anilines is 1. The van der Waals surface area contributed by atoms with Gasteiger partial charge in [0, 0.05) is 22.6 Å². The summed E-state index contributed by atoms with van der Waals surface area (Å²) in [4.78, 5) is 15.3. The van der Waals surface area contributed by atoms with Crippen molar-refractivity contribution in [2.75, 3.05) is 30.3 Å². The van der Waals surface area contributed by atoms with Crippen LogP contribution in [0.2, 0.25) is 0 Å². The second kappa shape index (κ2) is 8.92. The van der Waals surface area contributed by atoms with Gasteiger partial charge in [-0.3, -0.25) is 4.79 Å². The van der Waals surface area contributed by atoms with Gasteiger partial charge in [0.05, 0.1) is 18.0 Å². The molecule has 7 nitrogen and oxygen atoms in total. The van der Waals surface area contributed by atoms with Crippen LogP contribution in [-0.4, -0.2) is 44.9 Å². The molecule has 1 N–H and O–H groups in total. The van der Waals surface area contributed by atoms with E-state index in [2.05, 4.69) is 9.71 Å². The first kappa shape index (κ1) is 21.5. The first-order valence-electron chi connectivity index (χ1n) is 10.5. The number of amidine groups is 1. The Labute approximate surface area is 196 Å². The highest BCUT2D eigenvalue weighted by atomic mass is 32.2. The quantitative estimate of drug-likeness (QED) is 0.542. The van der Waals surface area contributed by atoms with E-state index in [0.717, 1.165) is 27.5 Å². The van der Waals surface area contributed by atoms with Crippen molar-refractivity contribution in [3.63, 3.8) is 0 Å². The zero-order valence-corrected chi connectivity index (χ0v) is 19.2. The lowest BCUT2D eigenvalue weighted by atomic mass is 10.1. The molecular weight excluding hydrogens is 458 g/mol. The number of hydrogen-bond donors (Lipinski definition) is 1. The first-order chi connectivity index (χ1) is 16.0. The minimum absolute atomic E-state index is 0.00780. The number of carbonyl (C=O) groups is 1. The van der Waals surface area contributed by atoms with Crippen molar-refractivity contribution in [1.29, 1.82) is 0 Å². The summed E-state index contributed by atoms with van der Waals surface area (Å²) >= 11 is 1.27. The molecule has 5 rings (SSSR count). The maximum atomic E-state index is 12.6. The predicted octanol–water partition coefficient (Wildman–Crippen LogP) is 3.77. The molecule has 0 aliphatic carbocycles. The predicted molar refractivity (Wildman–Crippen MR) is 131 cm³/mol. The summed E-state index contributed by atoms with van der Waals surface area (Å²) in [5, 5.41) is 3.33. The zero-order chi connectivity index (χ0) is 22.8. The number of hydrogen-bond acceptors (Lipinski definition) is 6. The molecule has 0 spiro atoms. The topological polar surface area (TPSA) is 88.1 Å². The van der Waals surface area contributed by atoms with Gasteiger partial charge in [0.15, 0.2) is 5.17 Å². The fourth-order valence-corrected chi connectivity index (χ4v) is 6.04. The summed E-state index contributed by atoms with van der Waals surface area (Å²) in [6.45, 7) is 1.05. The summed E-state index contributed by atoms with van der Waals surface area (Å²) in [5.41, 5.74) is 3.46. The van der Waals surface area contributed by atoms with Crippen LogP contribution in [0.15, 0.2) is 82.1 Å². The molecule has 2 aliphatic rings. The Morgan fingerprint density at radius 2 is 1.85 bits per heavy atom. The van der Waals surface area contributed by atoms with Gasteiger partial charge in [-0.2, -0.15) is 0 Å². The van der Waals surface area contributed by atoms with Gasteiger partial charge < -0.3 is 15.0 Å². The van der Waals surface area contributed by atoms with Crippen molar-refractivity contribution in [2.45, 2.75) is 4.90 Å². The zero-order valence-electron chi connectivity index (χ0n) is 17.6. The second-order valence-electron chi connectivity index (χ2n) is 7.56. The van der Waals surface area contributed by atoms with Crippen molar-refractivity contribution >= 4 is 38.5 Å². The van der Waals surface area contributed by atoms with E-state index in [4.69, 9.17) is 4.74 Å². The number of nitrogens with one attached hydrogen (secondary N) is 1. The number of para-hydroxylation sites is 1. The molecule has 1 amide bonds. The average Bonchev–Trinajstić information content (AvgIpc) is 3.18. The number of amides is 1. The third-order valence-electron chi connectivity index (χ3n) is 5.35. The Hall–Kier alpha value is -3.30. The molecule has 0 saturated heterocycles. The Morgan fingerprint density at radius 3 is 2.70 bits per heavy atom. The van der Waals surface area contributed by atoms with Crippen LogP contribution in [0.1, 0.15) is 10.4 Å². The van der Waals surface area contributed by atoms with E-state index in [9.17, 15) is 13.2 Å². The van der Waals surface area contributed by atoms with E-state index >= 15 is 0 Å². The summed E-state index contributed by atoms with van der Waals surface area (Å²) < 4.78 is 33.3. The second-order valence-corrected chi connectivity index (χ2v) is 10.3. The molecule has 0 atom stereocenters. The molecule has 0 fully saturated rings. The van der Waals surface area contributed by atoms with Gasteiger partial charge >= 0.3 is 0 Å². The monoisotopic (exact) mass is 479 g/mol. The maximum absolute atomic E-state index is 12.6. The van der Waals surface area contributed by atoms with E-state index in [1.54, 1.807) is 12.1 Å². The maximum Gasteiger partial charge on any atom is 0.257 e. The summed E-state index contributed by atoms with van der Waals surface area (Å²) in [5.74, 6) is 0.545. The minimum atomic E-state index is -3.41. The third kappa shape index (κ3) is 4.60. The smallest absolute Gasteiger partial charge is 0.257 e. The number of rotatable bonds is 6. The minimum Gasteiger partial charge on any atom is -0.491 e. The first-order valence-corrected chi connectivity index (χ1v) is 12.9. The number of sulfonamides is 1. The van der Waals surface area contributed by atoms with Gasteiger partial charge in [-0.05, 0) is 41.6 Å². The van der Waals surface area contributed by atoms with Crippen LogP contribution in [0, 0.1) is 0 Å². The summed E-state index contributed by atoms with van der Waals surface area (Å²) in [6, 6.07) is 23.2. The highest BCUT2D eigenvalue weighted by Crippen LogP contribution is 2.42. The molecule has 0 aromatic heterocycles. The van der Waals surface area contributed by atoms with Gasteiger partial charge in [0.25, 0.3) is 15.9 Å². The fourth-order valence-electron chi connectivity index (χ4n) is 3.75. The van der Waals surface area contributed by atoms with Crippen LogP contribution in [0.3, 0.4) is 0 Å². The summed E-state index contributed by atoms with van der Waals surface area (Å²) in [7, 11) is -3.41. The van der Waals surface area contributed by atoms with Crippen LogP contribution in [0.5, 0.6) is 5.75 Å². The van der Waals surface area contributed by atoms with E-state index in [-0.39, 0.29) is 11.7 Å². The van der Waals surface area contributed by atoms with E-state index in [1.807, 2.05) is 65.6 Å². The number of thioether (sulfide) groups is 1. The Bertz CT molecular complexity index is 1340. The molecule has 168 valence electrons. The van der Waals surface area contributed by atoms with Crippen LogP contribution in [-0.2, 0) is 10.0 Å². The number of ether oxygens (including phenoxy) is 1. The molecule has 33 heavy (non-hydrogen) atoms. The molecule has 9 heteroatoms. The molecule has 0 radical (unpaired) electrons. The van der Waals surface area contributed by atoms with Crippen LogP contribution in [0.25, 0.3) is 11.1 Å². The lowest BCUT2D eigenvalue weighted by molar-refractivity contribution is 0.0947. The van der Waals surface area contributed by atoms with Crippen molar-refractivity contribution in [2.24, 2.45) is 4.40 Å². The standard InChI is InChI=1S/C24H21N3O4S2/c28-23(18-10-11-20-22(16-18)32-24-26-33(29,30)15-13-27(20)24)25-12-14-31-21-9-5-4-8-19(21)17-6-2-1-3-7-17/h1-11,16H,12-15H2,(H,25,28). The molecular formula is C24H21N3O4S2. The molecule has 0 saturated carbocycles. The van der Waals surface area contributed by atoms with E-state index in [0.29, 0.717) is 30.4 Å². The lowest BCUT2D eigenvalue weighted by Gasteiger charge is -2.22. The van der Waals surface area contributed by atoms with Crippen molar-refractivity contribution in [3.05, 3.63) is 78.4 Å². The van der Waals surface area contributed by atoms with Crippen molar-refractivity contribution in [3.8, 4) is 16.9 Å². The lowest BCUT2D eigenvalue weighted by Crippen LogP contribution is -2.35. The number of benzene rings is 3. The van der Waals surface area contributed by atoms with E-state index < -0.39 is 10.0 Å². The van der Waals surface area contributed by atoms with Gasteiger partial charge in [-0.1, -0.05) is 48.5 Å². The highest BCUT2D eigenvalue weighted by molar-refractivity contribution is 8.15. The Balaban J connectivity index is 1.20.